The molecule has 0 saturated heterocycles. The highest BCUT2D eigenvalue weighted by Crippen LogP contribution is 2.25. The van der Waals surface area contributed by atoms with Gasteiger partial charge < -0.3 is 14.5 Å². The second-order valence-electron chi connectivity index (χ2n) is 5.22. The van der Waals surface area contributed by atoms with Crippen LogP contribution >= 0.6 is 0 Å². The molecule has 0 radical (unpaired) electrons. The van der Waals surface area contributed by atoms with E-state index in [9.17, 15) is 9.59 Å². The van der Waals surface area contributed by atoms with Crippen LogP contribution in [-0.2, 0) is 20.7 Å². The summed E-state index contributed by atoms with van der Waals surface area (Å²) < 4.78 is 9.94. The van der Waals surface area contributed by atoms with Gasteiger partial charge >= 0.3 is 5.97 Å². The molecule has 5 heteroatoms. The van der Waals surface area contributed by atoms with Gasteiger partial charge in [-0.05, 0) is 37.8 Å². The number of rotatable bonds is 5. The molecular formula is C15H21NO4. The van der Waals surface area contributed by atoms with Crippen LogP contribution in [0.1, 0.15) is 37.9 Å². The molecule has 0 spiro atoms. The Morgan fingerprint density at radius 3 is 2.70 bits per heavy atom. The van der Waals surface area contributed by atoms with Crippen molar-refractivity contribution in [3.05, 3.63) is 24.2 Å². The van der Waals surface area contributed by atoms with Crippen LogP contribution in [0.5, 0.6) is 0 Å². The smallest absolute Gasteiger partial charge is 0.308 e. The zero-order valence-corrected chi connectivity index (χ0v) is 11.8. The van der Waals surface area contributed by atoms with E-state index in [-0.39, 0.29) is 23.8 Å². The number of hydrogen-bond acceptors (Lipinski definition) is 4. The molecule has 0 bridgehead atoms. The third kappa shape index (κ3) is 4.11. The highest BCUT2D eigenvalue weighted by molar-refractivity contribution is 5.76. The molecule has 1 fully saturated rings. The molecule has 2 rings (SSSR count). The average molecular weight is 279 g/mol. The molecule has 110 valence electrons. The Labute approximate surface area is 118 Å². The first-order chi connectivity index (χ1) is 9.69. The van der Waals surface area contributed by atoms with E-state index < -0.39 is 0 Å². The Kier molecular flexibility index (Phi) is 5.21. The summed E-state index contributed by atoms with van der Waals surface area (Å²) in [4.78, 5) is 23.2. The van der Waals surface area contributed by atoms with Crippen LogP contribution in [0.3, 0.4) is 0 Å². The number of furan rings is 1. The van der Waals surface area contributed by atoms with Crippen LogP contribution in [0.4, 0.5) is 0 Å². The largest absolute Gasteiger partial charge is 0.469 e. The van der Waals surface area contributed by atoms with Crippen molar-refractivity contribution < 1.29 is 18.7 Å². The van der Waals surface area contributed by atoms with E-state index in [4.69, 9.17) is 9.15 Å². The van der Waals surface area contributed by atoms with Gasteiger partial charge in [-0.2, -0.15) is 0 Å². The minimum Gasteiger partial charge on any atom is -0.469 e. The van der Waals surface area contributed by atoms with E-state index in [2.05, 4.69) is 5.32 Å². The van der Waals surface area contributed by atoms with Gasteiger partial charge in [-0.15, -0.1) is 0 Å². The fourth-order valence-corrected chi connectivity index (χ4v) is 2.63. The fraction of sp³-hybridized carbons (Fsp3) is 0.600. The van der Waals surface area contributed by atoms with Crippen molar-refractivity contribution >= 4 is 11.9 Å². The number of amides is 1. The Morgan fingerprint density at radius 1 is 1.35 bits per heavy atom. The van der Waals surface area contributed by atoms with Crippen LogP contribution < -0.4 is 5.32 Å². The van der Waals surface area contributed by atoms with Gasteiger partial charge in [0, 0.05) is 18.9 Å². The van der Waals surface area contributed by atoms with E-state index in [1.807, 2.05) is 12.1 Å². The quantitative estimate of drug-likeness (QED) is 0.838. The van der Waals surface area contributed by atoms with Crippen LogP contribution in [0.25, 0.3) is 0 Å². The maximum absolute atomic E-state index is 11.8. The maximum Gasteiger partial charge on any atom is 0.308 e. The minimum atomic E-state index is -0.132. The van der Waals surface area contributed by atoms with Gasteiger partial charge in [0.15, 0.2) is 0 Å². The van der Waals surface area contributed by atoms with E-state index in [1.54, 1.807) is 6.26 Å². The van der Waals surface area contributed by atoms with Crippen molar-refractivity contribution in [3.63, 3.8) is 0 Å². The van der Waals surface area contributed by atoms with Crippen molar-refractivity contribution in [1.29, 1.82) is 0 Å². The number of methoxy groups -OCH3 is 1. The van der Waals surface area contributed by atoms with Gasteiger partial charge in [0.05, 0.1) is 19.3 Å². The number of nitrogens with one attached hydrogen (secondary N) is 1. The molecule has 1 aromatic rings. The molecule has 1 saturated carbocycles. The van der Waals surface area contributed by atoms with Crippen LogP contribution in [-0.4, -0.2) is 25.0 Å². The number of aryl methyl sites for hydroxylation is 1. The summed E-state index contributed by atoms with van der Waals surface area (Å²) in [6.07, 6.45) is 5.92. The Morgan fingerprint density at radius 2 is 2.10 bits per heavy atom. The van der Waals surface area contributed by atoms with E-state index in [0.717, 1.165) is 31.4 Å². The molecule has 1 amide bonds. The lowest BCUT2D eigenvalue weighted by Gasteiger charge is -2.27. The molecule has 0 aliphatic heterocycles. The SMILES string of the molecule is COC(=O)C1CCC(NC(=O)CCc2ccco2)CC1. The summed E-state index contributed by atoms with van der Waals surface area (Å²) >= 11 is 0. The average Bonchev–Trinajstić information content (AvgIpc) is 2.98. The fourth-order valence-electron chi connectivity index (χ4n) is 2.63. The van der Waals surface area contributed by atoms with Crippen LogP contribution in [0, 0.1) is 5.92 Å². The summed E-state index contributed by atoms with van der Waals surface area (Å²) in [5.41, 5.74) is 0. The summed E-state index contributed by atoms with van der Waals surface area (Å²) in [5, 5.41) is 3.03. The summed E-state index contributed by atoms with van der Waals surface area (Å²) in [6.45, 7) is 0. The van der Waals surface area contributed by atoms with Crippen molar-refractivity contribution in [1.82, 2.24) is 5.32 Å². The molecular weight excluding hydrogens is 258 g/mol. The van der Waals surface area contributed by atoms with E-state index in [1.165, 1.54) is 7.11 Å². The number of carbonyl (C=O) groups excluding carboxylic acids is 2. The monoisotopic (exact) mass is 279 g/mol. The predicted octanol–water partition coefficient (Wildman–Crippen LogP) is 2.06. The minimum absolute atomic E-state index is 0.00345. The van der Waals surface area contributed by atoms with E-state index in [0.29, 0.717) is 12.8 Å². The van der Waals surface area contributed by atoms with Gasteiger partial charge in [-0.25, -0.2) is 0 Å². The lowest BCUT2D eigenvalue weighted by molar-refractivity contribution is -0.146. The highest BCUT2D eigenvalue weighted by Gasteiger charge is 2.27. The number of hydrogen-bond donors (Lipinski definition) is 1. The Balaban J connectivity index is 1.67. The molecule has 0 aromatic carbocycles. The standard InChI is InChI=1S/C15H21NO4/c1-19-15(18)11-4-6-12(7-5-11)16-14(17)9-8-13-3-2-10-20-13/h2-3,10-12H,4-9H2,1H3,(H,16,17). The lowest BCUT2D eigenvalue weighted by atomic mass is 9.86. The Bertz CT molecular complexity index is 433. The first-order valence-electron chi connectivity index (χ1n) is 7.08. The van der Waals surface area contributed by atoms with Gasteiger partial charge in [0.2, 0.25) is 5.91 Å². The van der Waals surface area contributed by atoms with Crippen LogP contribution in [0.15, 0.2) is 22.8 Å². The van der Waals surface area contributed by atoms with Gasteiger partial charge in [0.25, 0.3) is 0 Å². The molecule has 5 nitrogen and oxygen atoms in total. The molecule has 20 heavy (non-hydrogen) atoms. The third-order valence-electron chi connectivity index (χ3n) is 3.81. The molecule has 1 aliphatic rings. The number of carbonyl (C=O) groups is 2. The lowest BCUT2D eigenvalue weighted by Crippen LogP contribution is -2.39. The highest BCUT2D eigenvalue weighted by atomic mass is 16.5. The number of ether oxygens (including phenoxy) is 1. The second kappa shape index (κ2) is 7.12. The third-order valence-corrected chi connectivity index (χ3v) is 3.81. The molecule has 1 N–H and O–H groups in total. The summed E-state index contributed by atoms with van der Waals surface area (Å²) in [6, 6.07) is 3.87. The zero-order valence-electron chi connectivity index (χ0n) is 11.8. The van der Waals surface area contributed by atoms with Gasteiger partial charge in [-0.1, -0.05) is 0 Å². The van der Waals surface area contributed by atoms with E-state index >= 15 is 0 Å². The predicted molar refractivity (Wildman–Crippen MR) is 72.9 cm³/mol. The first kappa shape index (κ1) is 14.6. The molecule has 0 atom stereocenters. The topological polar surface area (TPSA) is 68.5 Å². The van der Waals surface area contributed by atoms with Crippen molar-refractivity contribution in [2.24, 2.45) is 5.92 Å². The van der Waals surface area contributed by atoms with Crippen molar-refractivity contribution in [2.45, 2.75) is 44.6 Å². The normalized spacial score (nSPS) is 22.2. The summed E-state index contributed by atoms with van der Waals surface area (Å²) in [7, 11) is 1.42. The van der Waals surface area contributed by atoms with Gasteiger partial charge in [-0.3, -0.25) is 9.59 Å². The second-order valence-corrected chi connectivity index (χ2v) is 5.22. The van der Waals surface area contributed by atoms with Crippen molar-refractivity contribution in [3.8, 4) is 0 Å². The Hall–Kier alpha value is -1.78. The van der Waals surface area contributed by atoms with Gasteiger partial charge in [0.1, 0.15) is 5.76 Å². The molecule has 0 unspecified atom stereocenters. The molecule has 1 heterocycles. The first-order valence-corrected chi connectivity index (χ1v) is 7.08. The molecule has 1 aliphatic carbocycles. The van der Waals surface area contributed by atoms with Crippen LogP contribution in [0.2, 0.25) is 0 Å². The zero-order chi connectivity index (χ0) is 14.4. The summed E-state index contributed by atoms with van der Waals surface area (Å²) in [5.74, 6) is 0.737. The number of esters is 1. The maximum atomic E-state index is 11.8. The molecule has 1 aromatic heterocycles. The van der Waals surface area contributed by atoms with Crippen molar-refractivity contribution in [2.75, 3.05) is 7.11 Å².